The van der Waals surface area contributed by atoms with E-state index in [9.17, 15) is 17.9 Å². The van der Waals surface area contributed by atoms with Gasteiger partial charge in [0.1, 0.15) is 17.1 Å². The number of imidazole rings is 1. The molecule has 1 aromatic carbocycles. The molecular formula is C24H19ClFN5O3S. The summed E-state index contributed by atoms with van der Waals surface area (Å²) in [7, 11) is -4.02. The van der Waals surface area contributed by atoms with Crippen LogP contribution in [0.25, 0.3) is 16.9 Å². The Bertz CT molecular complexity index is 1590. The van der Waals surface area contributed by atoms with Crippen LogP contribution in [0.1, 0.15) is 31.4 Å². The second-order valence-corrected chi connectivity index (χ2v) is 10.3. The van der Waals surface area contributed by atoms with Crippen molar-refractivity contribution in [3.63, 3.8) is 0 Å². The topological polar surface area (TPSA) is 109 Å². The zero-order chi connectivity index (χ0) is 24.6. The predicted octanol–water partition coefficient (Wildman–Crippen LogP) is 4.04. The van der Waals surface area contributed by atoms with E-state index in [-0.39, 0.29) is 15.7 Å². The molecule has 0 saturated heterocycles. The number of anilines is 1. The van der Waals surface area contributed by atoms with E-state index in [0.717, 1.165) is 37.1 Å². The molecule has 11 heteroatoms. The van der Waals surface area contributed by atoms with Gasteiger partial charge in [-0.25, -0.2) is 27.3 Å². The van der Waals surface area contributed by atoms with Crippen LogP contribution in [0.15, 0.2) is 59.8 Å². The van der Waals surface area contributed by atoms with Crippen LogP contribution in [0.2, 0.25) is 5.15 Å². The molecule has 1 saturated carbocycles. The number of aliphatic hydroxyl groups is 1. The fourth-order valence-electron chi connectivity index (χ4n) is 3.85. The third-order valence-corrected chi connectivity index (χ3v) is 7.40. The Hall–Kier alpha value is -3.52. The van der Waals surface area contributed by atoms with Gasteiger partial charge in [0, 0.05) is 11.8 Å². The number of sulfonamides is 1. The largest absolute Gasteiger partial charge is 0.378 e. The van der Waals surface area contributed by atoms with Gasteiger partial charge in [0.05, 0.1) is 22.5 Å². The van der Waals surface area contributed by atoms with Gasteiger partial charge < -0.3 is 5.11 Å². The minimum absolute atomic E-state index is 0.0458. The molecule has 1 aliphatic carbocycles. The summed E-state index contributed by atoms with van der Waals surface area (Å²) in [6, 6.07) is 9.39. The van der Waals surface area contributed by atoms with Gasteiger partial charge in [-0.05, 0) is 74.1 Å². The molecule has 2 N–H and O–H groups in total. The Balaban J connectivity index is 1.48. The number of aromatic nitrogens is 4. The van der Waals surface area contributed by atoms with Gasteiger partial charge in [-0.15, -0.1) is 0 Å². The standard InChI is InChI=1S/C24H19ClFN5O3S/c25-23-21(30-35(33,34)19-5-3-17(26)4-6-19)13-16(14-28-23)20-7-8-22-27-15-18(31(22)29-20)9-12-24(32)10-1-2-11-24/h3-8,13-15,30,32H,1-2,10-11H2. The quantitative estimate of drug-likeness (QED) is 0.316. The van der Waals surface area contributed by atoms with Gasteiger partial charge >= 0.3 is 0 Å². The molecule has 5 rings (SSSR count). The van der Waals surface area contributed by atoms with Crippen molar-refractivity contribution in [2.24, 2.45) is 0 Å². The summed E-state index contributed by atoms with van der Waals surface area (Å²) in [5.74, 6) is 5.39. The van der Waals surface area contributed by atoms with E-state index in [1.54, 1.807) is 22.8 Å². The third kappa shape index (κ3) is 4.84. The maximum absolute atomic E-state index is 13.2. The van der Waals surface area contributed by atoms with E-state index in [4.69, 9.17) is 11.6 Å². The molecule has 178 valence electrons. The lowest BCUT2D eigenvalue weighted by Gasteiger charge is -2.12. The summed E-state index contributed by atoms with van der Waals surface area (Å²) in [6.07, 6.45) is 6.22. The van der Waals surface area contributed by atoms with Crippen LogP contribution in [0.3, 0.4) is 0 Å². The van der Waals surface area contributed by atoms with Crippen molar-refractivity contribution in [1.29, 1.82) is 0 Å². The summed E-state index contributed by atoms with van der Waals surface area (Å²) in [4.78, 5) is 8.27. The van der Waals surface area contributed by atoms with E-state index in [1.807, 2.05) is 0 Å². The number of hydrogen-bond acceptors (Lipinski definition) is 6. The molecule has 3 heterocycles. The van der Waals surface area contributed by atoms with Crippen LogP contribution in [0, 0.1) is 17.7 Å². The Morgan fingerprint density at radius 3 is 2.57 bits per heavy atom. The van der Waals surface area contributed by atoms with Gasteiger partial charge in [-0.3, -0.25) is 4.72 Å². The molecule has 0 spiro atoms. The fraction of sp³-hybridized carbons (Fsp3) is 0.208. The highest BCUT2D eigenvalue weighted by Crippen LogP contribution is 2.29. The molecule has 0 amide bonds. The third-order valence-electron chi connectivity index (χ3n) is 5.72. The average Bonchev–Trinajstić information content (AvgIpc) is 3.45. The number of nitrogens with zero attached hydrogens (tertiary/aromatic N) is 4. The summed E-state index contributed by atoms with van der Waals surface area (Å²) < 4.78 is 42.6. The number of fused-ring (bicyclic) bond motifs is 1. The second kappa shape index (κ2) is 8.92. The maximum Gasteiger partial charge on any atom is 0.261 e. The number of benzene rings is 1. The van der Waals surface area contributed by atoms with E-state index >= 15 is 0 Å². The molecule has 0 aliphatic heterocycles. The van der Waals surface area contributed by atoms with Crippen LogP contribution < -0.4 is 4.72 Å². The minimum Gasteiger partial charge on any atom is -0.378 e. The lowest BCUT2D eigenvalue weighted by Crippen LogP contribution is -2.20. The zero-order valence-electron chi connectivity index (χ0n) is 18.2. The number of hydrogen-bond donors (Lipinski definition) is 2. The molecule has 8 nitrogen and oxygen atoms in total. The van der Waals surface area contributed by atoms with Gasteiger partial charge in [0.25, 0.3) is 10.0 Å². The van der Waals surface area contributed by atoms with Gasteiger partial charge in [-0.2, -0.15) is 5.10 Å². The first kappa shape index (κ1) is 23.2. The lowest BCUT2D eigenvalue weighted by molar-refractivity contribution is 0.110. The van der Waals surface area contributed by atoms with Crippen LogP contribution >= 0.6 is 11.6 Å². The van der Waals surface area contributed by atoms with Crippen molar-refractivity contribution in [2.45, 2.75) is 36.2 Å². The highest BCUT2D eigenvalue weighted by Gasteiger charge is 2.28. The Labute approximate surface area is 205 Å². The molecule has 0 radical (unpaired) electrons. The number of nitrogens with one attached hydrogen (secondary N) is 1. The average molecular weight is 512 g/mol. The summed E-state index contributed by atoms with van der Waals surface area (Å²) >= 11 is 6.15. The molecule has 0 unspecified atom stereocenters. The SMILES string of the molecule is O=S(=O)(Nc1cc(-c2ccc3ncc(C#CC4(O)CCCC4)n3n2)cnc1Cl)c1ccc(F)cc1. The maximum atomic E-state index is 13.2. The van der Waals surface area contributed by atoms with Crippen molar-refractivity contribution in [3.8, 4) is 23.1 Å². The predicted molar refractivity (Wildman–Crippen MR) is 129 cm³/mol. The first-order chi connectivity index (χ1) is 16.7. The molecule has 35 heavy (non-hydrogen) atoms. The van der Waals surface area contributed by atoms with Crippen molar-refractivity contribution in [3.05, 3.63) is 71.5 Å². The van der Waals surface area contributed by atoms with E-state index < -0.39 is 21.4 Å². The van der Waals surface area contributed by atoms with Crippen molar-refractivity contribution in [1.82, 2.24) is 19.6 Å². The molecule has 0 atom stereocenters. The van der Waals surface area contributed by atoms with Gasteiger partial charge in [0.15, 0.2) is 10.8 Å². The fourth-order valence-corrected chi connectivity index (χ4v) is 5.12. The lowest BCUT2D eigenvalue weighted by atomic mass is 10.0. The van der Waals surface area contributed by atoms with E-state index in [2.05, 4.69) is 31.6 Å². The first-order valence-electron chi connectivity index (χ1n) is 10.8. The van der Waals surface area contributed by atoms with Crippen LogP contribution in [-0.4, -0.2) is 38.7 Å². The van der Waals surface area contributed by atoms with Gasteiger partial charge in [0.2, 0.25) is 0 Å². The monoisotopic (exact) mass is 511 g/mol. The normalized spacial score (nSPS) is 15.1. The Morgan fingerprint density at radius 2 is 1.83 bits per heavy atom. The molecular weight excluding hydrogens is 493 g/mol. The Morgan fingerprint density at radius 1 is 1.09 bits per heavy atom. The zero-order valence-corrected chi connectivity index (χ0v) is 19.8. The molecule has 1 aliphatic rings. The first-order valence-corrected chi connectivity index (χ1v) is 12.6. The minimum atomic E-state index is -4.02. The van der Waals surface area contributed by atoms with Gasteiger partial charge in [-0.1, -0.05) is 17.5 Å². The van der Waals surface area contributed by atoms with Crippen LogP contribution in [0.5, 0.6) is 0 Å². The van der Waals surface area contributed by atoms with Crippen LogP contribution in [0.4, 0.5) is 10.1 Å². The summed E-state index contributed by atoms with van der Waals surface area (Å²) in [5.41, 5.74) is 1.11. The van der Waals surface area contributed by atoms with E-state index in [1.165, 1.54) is 12.3 Å². The molecule has 0 bridgehead atoms. The number of pyridine rings is 1. The molecule has 4 aromatic rings. The number of rotatable bonds is 4. The summed E-state index contributed by atoms with van der Waals surface area (Å²) in [5, 5.41) is 15.0. The highest BCUT2D eigenvalue weighted by atomic mass is 35.5. The van der Waals surface area contributed by atoms with Crippen molar-refractivity contribution in [2.75, 3.05) is 4.72 Å². The van der Waals surface area contributed by atoms with Crippen molar-refractivity contribution < 1.29 is 17.9 Å². The highest BCUT2D eigenvalue weighted by molar-refractivity contribution is 7.92. The van der Waals surface area contributed by atoms with Crippen molar-refractivity contribution >= 4 is 33.0 Å². The smallest absolute Gasteiger partial charge is 0.261 e. The molecule has 3 aromatic heterocycles. The Kier molecular flexibility index (Phi) is 5.92. The second-order valence-electron chi connectivity index (χ2n) is 8.24. The van der Waals surface area contributed by atoms with E-state index in [0.29, 0.717) is 35.4 Å². The van der Waals surface area contributed by atoms with Crippen LogP contribution in [-0.2, 0) is 10.0 Å². The summed E-state index contributed by atoms with van der Waals surface area (Å²) in [6.45, 7) is 0. The number of halogens is 2. The molecule has 1 fully saturated rings.